The minimum atomic E-state index is -1.11. The zero-order valence-electron chi connectivity index (χ0n) is 8.97. The Labute approximate surface area is 117 Å². The zero-order chi connectivity index (χ0) is 13.0. The van der Waals surface area contributed by atoms with Crippen LogP contribution in [0.2, 0.25) is 15.1 Å². The molecule has 0 bridgehead atoms. The Morgan fingerprint density at radius 1 is 1.28 bits per heavy atom. The van der Waals surface area contributed by atoms with Gasteiger partial charge in [0.15, 0.2) is 5.58 Å². The van der Waals surface area contributed by atoms with Gasteiger partial charge in [-0.1, -0.05) is 34.8 Å². The van der Waals surface area contributed by atoms with Gasteiger partial charge in [0.25, 0.3) is 0 Å². The summed E-state index contributed by atoms with van der Waals surface area (Å²) in [6.45, 7) is 0. The van der Waals surface area contributed by atoms with E-state index in [-0.39, 0.29) is 16.7 Å². The Balaban J connectivity index is 2.45. The topological polar surface area (TPSA) is 50.4 Å². The maximum absolute atomic E-state index is 11.2. The van der Waals surface area contributed by atoms with Crippen molar-refractivity contribution in [3.05, 3.63) is 32.5 Å². The summed E-state index contributed by atoms with van der Waals surface area (Å²) in [5, 5.41) is 10.6. The van der Waals surface area contributed by atoms with Crippen LogP contribution in [-0.2, 0) is 0 Å². The number of hydrogen-bond donors (Lipinski definition) is 1. The Kier molecular flexibility index (Phi) is 2.73. The number of halogens is 3. The highest BCUT2D eigenvalue weighted by Crippen LogP contribution is 2.50. The van der Waals surface area contributed by atoms with Gasteiger partial charge in [0.2, 0.25) is 5.76 Å². The van der Waals surface area contributed by atoms with E-state index >= 15 is 0 Å². The second kappa shape index (κ2) is 4.05. The number of aromatic carboxylic acids is 1. The molecule has 1 saturated carbocycles. The van der Waals surface area contributed by atoms with E-state index in [4.69, 9.17) is 39.2 Å². The number of hydrogen-bond acceptors (Lipinski definition) is 2. The zero-order valence-corrected chi connectivity index (χ0v) is 11.2. The summed E-state index contributed by atoms with van der Waals surface area (Å²) in [4.78, 5) is 11.2. The van der Waals surface area contributed by atoms with Gasteiger partial charge in [0.1, 0.15) is 0 Å². The highest BCUT2D eigenvalue weighted by Gasteiger charge is 2.35. The first-order chi connectivity index (χ1) is 8.50. The predicted molar refractivity (Wildman–Crippen MR) is 70.2 cm³/mol. The van der Waals surface area contributed by atoms with Gasteiger partial charge in [-0.25, -0.2) is 4.79 Å². The standard InChI is InChI=1S/C12H7Cl3O3/c13-5-3-6(14)10-8(9(5)15)7(4-1-2-4)11(18-10)12(16)17/h3-4H,1-2H2,(H,16,17). The molecule has 0 radical (unpaired) electrons. The molecular formula is C12H7Cl3O3. The van der Waals surface area contributed by atoms with E-state index in [2.05, 4.69) is 0 Å². The van der Waals surface area contributed by atoms with Crippen molar-refractivity contribution in [2.24, 2.45) is 0 Å². The first-order valence-corrected chi connectivity index (χ1v) is 6.47. The monoisotopic (exact) mass is 304 g/mol. The maximum atomic E-state index is 11.2. The average Bonchev–Trinajstić information content (AvgIpc) is 3.05. The third-order valence-electron chi connectivity index (χ3n) is 3.02. The molecule has 1 aromatic carbocycles. The van der Waals surface area contributed by atoms with Gasteiger partial charge in [0, 0.05) is 10.9 Å². The molecule has 2 aromatic rings. The first-order valence-electron chi connectivity index (χ1n) is 5.34. The maximum Gasteiger partial charge on any atom is 0.372 e. The van der Waals surface area contributed by atoms with E-state index in [1.807, 2.05) is 0 Å². The summed E-state index contributed by atoms with van der Waals surface area (Å²) in [5.74, 6) is -1.03. The van der Waals surface area contributed by atoms with Crippen LogP contribution in [0.5, 0.6) is 0 Å². The van der Waals surface area contributed by atoms with Crippen LogP contribution in [0.15, 0.2) is 10.5 Å². The van der Waals surface area contributed by atoms with Crippen LogP contribution in [0.25, 0.3) is 11.0 Å². The summed E-state index contributed by atoms with van der Waals surface area (Å²) in [7, 11) is 0. The van der Waals surface area contributed by atoms with E-state index in [9.17, 15) is 9.90 Å². The van der Waals surface area contributed by atoms with Crippen LogP contribution >= 0.6 is 34.8 Å². The fourth-order valence-electron chi connectivity index (χ4n) is 2.11. The molecule has 1 aliphatic carbocycles. The van der Waals surface area contributed by atoms with Crippen LogP contribution in [0.4, 0.5) is 0 Å². The molecule has 0 aliphatic heterocycles. The molecule has 1 aliphatic rings. The lowest BCUT2D eigenvalue weighted by atomic mass is 10.1. The van der Waals surface area contributed by atoms with Crippen molar-refractivity contribution in [1.29, 1.82) is 0 Å². The molecule has 6 heteroatoms. The summed E-state index contributed by atoms with van der Waals surface area (Å²) in [6, 6.07) is 1.46. The van der Waals surface area contributed by atoms with Crippen LogP contribution in [-0.4, -0.2) is 11.1 Å². The average molecular weight is 306 g/mol. The number of carboxylic acids is 1. The third-order valence-corrected chi connectivity index (χ3v) is 4.09. The van der Waals surface area contributed by atoms with Crippen LogP contribution < -0.4 is 0 Å². The molecule has 0 spiro atoms. The largest absolute Gasteiger partial charge is 0.475 e. The lowest BCUT2D eigenvalue weighted by Crippen LogP contribution is -1.97. The van der Waals surface area contributed by atoms with Crippen molar-refractivity contribution in [1.82, 2.24) is 0 Å². The Morgan fingerprint density at radius 2 is 1.94 bits per heavy atom. The van der Waals surface area contributed by atoms with E-state index in [1.54, 1.807) is 0 Å². The first kappa shape index (κ1) is 12.2. The fourth-order valence-corrected chi connectivity index (χ4v) is 2.85. The van der Waals surface area contributed by atoms with Gasteiger partial charge in [0.05, 0.1) is 15.1 Å². The summed E-state index contributed by atoms with van der Waals surface area (Å²) in [5.41, 5.74) is 0.914. The minimum absolute atomic E-state index is 0.0847. The second-order valence-electron chi connectivity index (χ2n) is 4.28. The third kappa shape index (κ3) is 1.69. The fraction of sp³-hybridized carbons (Fsp3) is 0.250. The summed E-state index contributed by atoms with van der Waals surface area (Å²) in [6.07, 6.45) is 1.85. The number of furan rings is 1. The highest BCUT2D eigenvalue weighted by molar-refractivity contribution is 6.47. The van der Waals surface area contributed by atoms with E-state index in [0.717, 1.165) is 12.8 Å². The van der Waals surface area contributed by atoms with Gasteiger partial charge >= 0.3 is 5.97 Å². The molecular weight excluding hydrogens is 298 g/mol. The van der Waals surface area contributed by atoms with Crippen LogP contribution in [0, 0.1) is 0 Å². The molecule has 1 heterocycles. The second-order valence-corrected chi connectivity index (χ2v) is 5.47. The van der Waals surface area contributed by atoms with E-state index in [1.165, 1.54) is 6.07 Å². The van der Waals surface area contributed by atoms with Crippen molar-refractivity contribution in [3.63, 3.8) is 0 Å². The van der Waals surface area contributed by atoms with E-state index < -0.39 is 5.97 Å². The molecule has 18 heavy (non-hydrogen) atoms. The molecule has 0 unspecified atom stereocenters. The lowest BCUT2D eigenvalue weighted by molar-refractivity contribution is 0.0663. The number of benzene rings is 1. The Hall–Kier alpha value is -0.900. The van der Waals surface area contributed by atoms with Crippen LogP contribution in [0.3, 0.4) is 0 Å². The van der Waals surface area contributed by atoms with Crippen LogP contribution in [0.1, 0.15) is 34.9 Å². The molecule has 1 fully saturated rings. The van der Waals surface area contributed by atoms with Gasteiger partial charge < -0.3 is 9.52 Å². The molecule has 0 amide bonds. The SMILES string of the molecule is O=C(O)c1oc2c(Cl)cc(Cl)c(Cl)c2c1C1CC1. The highest BCUT2D eigenvalue weighted by atomic mass is 35.5. The molecule has 3 nitrogen and oxygen atoms in total. The molecule has 94 valence electrons. The smallest absolute Gasteiger partial charge is 0.372 e. The lowest BCUT2D eigenvalue weighted by Gasteiger charge is -2.01. The number of fused-ring (bicyclic) bond motifs is 1. The summed E-state index contributed by atoms with van der Waals surface area (Å²) >= 11 is 18.1. The molecule has 0 atom stereocenters. The predicted octanol–water partition coefficient (Wildman–Crippen LogP) is 4.97. The number of carbonyl (C=O) groups is 1. The van der Waals surface area contributed by atoms with Gasteiger partial charge in [-0.05, 0) is 24.8 Å². The normalized spacial score (nSPS) is 15.3. The molecule has 0 saturated heterocycles. The number of rotatable bonds is 2. The summed E-state index contributed by atoms with van der Waals surface area (Å²) < 4.78 is 5.35. The van der Waals surface area contributed by atoms with Crippen molar-refractivity contribution >= 4 is 51.7 Å². The molecule has 3 rings (SSSR count). The van der Waals surface area contributed by atoms with Crippen molar-refractivity contribution in [2.45, 2.75) is 18.8 Å². The Bertz CT molecular complexity index is 671. The van der Waals surface area contributed by atoms with E-state index in [0.29, 0.717) is 26.6 Å². The van der Waals surface area contributed by atoms with Gasteiger partial charge in [-0.15, -0.1) is 0 Å². The number of carboxylic acid groups (broad SMARTS) is 1. The minimum Gasteiger partial charge on any atom is -0.475 e. The Morgan fingerprint density at radius 3 is 2.50 bits per heavy atom. The van der Waals surface area contributed by atoms with Crippen molar-refractivity contribution < 1.29 is 14.3 Å². The molecule has 1 N–H and O–H groups in total. The molecule has 1 aromatic heterocycles. The van der Waals surface area contributed by atoms with Gasteiger partial charge in [-0.3, -0.25) is 0 Å². The quantitative estimate of drug-likeness (QED) is 0.797. The van der Waals surface area contributed by atoms with Crippen molar-refractivity contribution in [3.8, 4) is 0 Å². The van der Waals surface area contributed by atoms with Crippen molar-refractivity contribution in [2.75, 3.05) is 0 Å². The van der Waals surface area contributed by atoms with Gasteiger partial charge in [-0.2, -0.15) is 0 Å².